The van der Waals surface area contributed by atoms with Crippen LogP contribution in [0.1, 0.15) is 265 Å². The largest absolute Gasteiger partial charge is 0.472 e. The predicted molar refractivity (Wildman–Crippen MR) is 334 cm³/mol. The molecular weight excluding hydrogens is 1020 g/mol. The number of phosphoric ester groups is 1. The summed E-state index contributed by atoms with van der Waals surface area (Å²) in [5, 5.41) is 9.86. The molecule has 0 amide bonds. The molecular formula is C68H115O11P. The highest BCUT2D eigenvalue weighted by molar-refractivity contribution is 7.47. The summed E-state index contributed by atoms with van der Waals surface area (Å²) in [6.07, 6.45) is 74.6. The Morgan fingerprint density at radius 3 is 1.00 bits per heavy atom. The summed E-state index contributed by atoms with van der Waals surface area (Å²) in [7, 11) is -4.77. The van der Waals surface area contributed by atoms with Crippen LogP contribution in [-0.2, 0) is 42.2 Å². The van der Waals surface area contributed by atoms with Gasteiger partial charge in [-0.15, -0.1) is 0 Å². The van der Waals surface area contributed by atoms with E-state index in [0.29, 0.717) is 19.3 Å². The molecule has 11 nitrogen and oxygen atoms in total. The van der Waals surface area contributed by atoms with Gasteiger partial charge in [0.05, 0.1) is 19.8 Å². The van der Waals surface area contributed by atoms with E-state index in [2.05, 4.69) is 130 Å². The SMILES string of the molecule is CC/C=C\C/C=C\C/C=C\C/C=C\CCCCCCCCC(=O)OC(COC(=O)CCCCCCC/C=C\C/C=C\C/C=C\CC)COP(=O)(O)OCC(CO)OC(=O)CCCCCCCCCCC/C=C\C/C=C\CCCCC. The fraction of sp³-hybridized carbons (Fsp3) is 0.691. The fourth-order valence-electron chi connectivity index (χ4n) is 8.39. The second-order valence-electron chi connectivity index (χ2n) is 20.8. The third kappa shape index (κ3) is 58.8. The Morgan fingerprint density at radius 2 is 0.650 bits per heavy atom. The molecule has 0 aromatic rings. The molecule has 80 heavy (non-hydrogen) atoms. The van der Waals surface area contributed by atoms with E-state index in [0.717, 1.165) is 148 Å². The number of aliphatic hydroxyl groups is 1. The minimum Gasteiger partial charge on any atom is -0.462 e. The first-order valence-corrected chi connectivity index (χ1v) is 33.3. The highest BCUT2D eigenvalue weighted by Gasteiger charge is 2.28. The van der Waals surface area contributed by atoms with Crippen LogP contribution in [0.2, 0.25) is 0 Å². The maximum Gasteiger partial charge on any atom is 0.472 e. The van der Waals surface area contributed by atoms with Gasteiger partial charge in [-0.3, -0.25) is 23.4 Å². The number of hydrogen-bond acceptors (Lipinski definition) is 10. The first kappa shape index (κ1) is 76.1. The van der Waals surface area contributed by atoms with E-state index in [-0.39, 0.29) is 25.9 Å². The highest BCUT2D eigenvalue weighted by Crippen LogP contribution is 2.43. The summed E-state index contributed by atoms with van der Waals surface area (Å²) in [6.45, 7) is 4.37. The third-order valence-electron chi connectivity index (χ3n) is 13.2. The first-order valence-electron chi connectivity index (χ1n) is 31.8. The van der Waals surface area contributed by atoms with Crippen LogP contribution in [0.5, 0.6) is 0 Å². The molecule has 0 aliphatic rings. The number of phosphoric acid groups is 1. The van der Waals surface area contributed by atoms with Crippen LogP contribution in [0.4, 0.5) is 0 Å². The molecule has 0 aliphatic carbocycles. The van der Waals surface area contributed by atoms with Crippen molar-refractivity contribution >= 4 is 25.7 Å². The highest BCUT2D eigenvalue weighted by atomic mass is 31.2. The lowest BCUT2D eigenvalue weighted by atomic mass is 10.1. The summed E-state index contributed by atoms with van der Waals surface area (Å²) in [4.78, 5) is 48.7. The number of allylic oxidation sites excluding steroid dienone is 18. The Bertz CT molecular complexity index is 1760. The van der Waals surface area contributed by atoms with E-state index in [4.69, 9.17) is 23.3 Å². The number of ether oxygens (including phenoxy) is 3. The van der Waals surface area contributed by atoms with Crippen molar-refractivity contribution < 1.29 is 52.2 Å². The molecule has 2 N–H and O–H groups in total. The van der Waals surface area contributed by atoms with Crippen molar-refractivity contribution in [3.63, 3.8) is 0 Å². The standard InChI is InChI=1S/C68H115O11P/c1-4-7-10-13-16-19-22-25-28-30-32-34-37-40-43-46-49-52-55-58-67(71)78-64(60-69)62-76-80(73,74)77-63-65(61-75-66(70)57-54-51-48-45-42-39-36-27-24-21-18-15-12-9-6-3)79-68(72)59-56-53-50-47-44-41-38-35-33-31-29-26-23-20-17-14-11-8-5-2/h8-9,11-12,16-21,25-29,33,35-36,64-65,69H,4-7,10,13-15,22-24,30-32,34,37-63H2,1-3H3,(H,73,74)/b11-8-,12-9-,19-16-,20-17-,21-18-,28-25-,29-26-,35-33-,36-27-. The van der Waals surface area contributed by atoms with Crippen LogP contribution in [0.3, 0.4) is 0 Å². The Morgan fingerprint density at radius 1 is 0.362 bits per heavy atom. The Kier molecular flexibility index (Phi) is 58.3. The number of esters is 3. The molecule has 0 radical (unpaired) electrons. The van der Waals surface area contributed by atoms with Gasteiger partial charge in [0.25, 0.3) is 0 Å². The van der Waals surface area contributed by atoms with Crippen molar-refractivity contribution in [2.45, 2.75) is 277 Å². The molecule has 12 heteroatoms. The number of unbranched alkanes of at least 4 members (excludes halogenated alkanes) is 23. The van der Waals surface area contributed by atoms with E-state index in [1.165, 1.54) is 57.8 Å². The second-order valence-corrected chi connectivity index (χ2v) is 22.3. The van der Waals surface area contributed by atoms with Gasteiger partial charge in [-0.05, 0) is 122 Å². The van der Waals surface area contributed by atoms with Gasteiger partial charge in [0, 0.05) is 19.3 Å². The number of aliphatic hydroxyl groups excluding tert-OH is 1. The maximum absolute atomic E-state index is 13.0. The van der Waals surface area contributed by atoms with E-state index in [1.807, 2.05) is 0 Å². The maximum atomic E-state index is 13.0. The fourth-order valence-corrected chi connectivity index (χ4v) is 9.18. The molecule has 0 fully saturated rings. The van der Waals surface area contributed by atoms with Gasteiger partial charge >= 0.3 is 25.7 Å². The van der Waals surface area contributed by atoms with Crippen LogP contribution in [0.25, 0.3) is 0 Å². The van der Waals surface area contributed by atoms with E-state index in [1.54, 1.807) is 0 Å². The first-order chi connectivity index (χ1) is 39.2. The van der Waals surface area contributed by atoms with Crippen LogP contribution >= 0.6 is 7.82 Å². The zero-order valence-electron chi connectivity index (χ0n) is 50.8. The lowest BCUT2D eigenvalue weighted by Crippen LogP contribution is -2.30. The molecule has 0 aromatic heterocycles. The molecule has 0 heterocycles. The normalized spacial score (nSPS) is 14.0. The van der Waals surface area contributed by atoms with Crippen molar-refractivity contribution in [1.29, 1.82) is 0 Å². The number of rotatable bonds is 58. The summed E-state index contributed by atoms with van der Waals surface area (Å²) < 4.78 is 39.7. The number of carbonyl (C=O) groups excluding carboxylic acids is 3. The molecule has 3 unspecified atom stereocenters. The van der Waals surface area contributed by atoms with Crippen LogP contribution < -0.4 is 0 Å². The monoisotopic (exact) mass is 1140 g/mol. The summed E-state index contributed by atoms with van der Waals surface area (Å²) >= 11 is 0. The van der Waals surface area contributed by atoms with Crippen molar-refractivity contribution in [2.24, 2.45) is 0 Å². The van der Waals surface area contributed by atoms with Crippen LogP contribution in [0.15, 0.2) is 109 Å². The van der Waals surface area contributed by atoms with Gasteiger partial charge in [0.1, 0.15) is 12.7 Å². The van der Waals surface area contributed by atoms with Crippen LogP contribution in [-0.4, -0.2) is 66.5 Å². The average molecular weight is 1140 g/mol. The molecule has 0 bridgehead atoms. The van der Waals surface area contributed by atoms with Gasteiger partial charge < -0.3 is 24.2 Å². The molecule has 3 atom stereocenters. The Hall–Kier alpha value is -3.86. The summed E-state index contributed by atoms with van der Waals surface area (Å²) in [6, 6.07) is 0. The second kappa shape index (κ2) is 61.2. The third-order valence-corrected chi connectivity index (χ3v) is 14.1. The predicted octanol–water partition coefficient (Wildman–Crippen LogP) is 19.4. The van der Waals surface area contributed by atoms with Crippen molar-refractivity contribution in [3.05, 3.63) is 109 Å². The van der Waals surface area contributed by atoms with Gasteiger partial charge in [0.15, 0.2) is 6.10 Å². The van der Waals surface area contributed by atoms with Gasteiger partial charge in [-0.2, -0.15) is 0 Å². The lowest BCUT2D eigenvalue weighted by molar-refractivity contribution is -0.161. The van der Waals surface area contributed by atoms with Crippen molar-refractivity contribution in [1.82, 2.24) is 0 Å². The van der Waals surface area contributed by atoms with Crippen molar-refractivity contribution in [3.8, 4) is 0 Å². The topological polar surface area (TPSA) is 155 Å². The molecule has 0 aliphatic heterocycles. The Labute approximate surface area is 488 Å². The molecule has 0 saturated carbocycles. The summed E-state index contributed by atoms with van der Waals surface area (Å²) in [5.74, 6) is -1.51. The average Bonchev–Trinajstić information content (AvgIpc) is 3.45. The minimum absolute atomic E-state index is 0.142. The molecule has 0 saturated heterocycles. The zero-order valence-corrected chi connectivity index (χ0v) is 51.7. The van der Waals surface area contributed by atoms with E-state index < -0.39 is 57.8 Å². The smallest absolute Gasteiger partial charge is 0.462 e. The Balaban J connectivity index is 4.73. The quantitative estimate of drug-likeness (QED) is 0.0197. The molecule has 0 rings (SSSR count). The number of carbonyl (C=O) groups is 3. The molecule has 0 spiro atoms. The van der Waals surface area contributed by atoms with E-state index in [9.17, 15) is 28.9 Å². The molecule has 0 aromatic carbocycles. The van der Waals surface area contributed by atoms with Crippen LogP contribution in [0, 0.1) is 0 Å². The summed E-state index contributed by atoms with van der Waals surface area (Å²) in [5.41, 5.74) is 0. The lowest BCUT2D eigenvalue weighted by Gasteiger charge is -2.21. The van der Waals surface area contributed by atoms with Gasteiger partial charge in [-0.1, -0.05) is 233 Å². The zero-order chi connectivity index (χ0) is 58.3. The van der Waals surface area contributed by atoms with Gasteiger partial charge in [0.2, 0.25) is 0 Å². The number of hydrogen-bond donors (Lipinski definition) is 2. The van der Waals surface area contributed by atoms with Gasteiger partial charge in [-0.25, -0.2) is 4.57 Å². The van der Waals surface area contributed by atoms with Crippen molar-refractivity contribution in [2.75, 3.05) is 26.4 Å². The minimum atomic E-state index is -4.77. The molecule has 458 valence electrons. The van der Waals surface area contributed by atoms with E-state index >= 15 is 0 Å².